The van der Waals surface area contributed by atoms with Crippen LogP contribution in [0.4, 0.5) is 0 Å². The fourth-order valence-corrected chi connectivity index (χ4v) is 3.68. The first-order chi connectivity index (χ1) is 15.7. The maximum absolute atomic E-state index is 12.7. The molecule has 2 aromatic heterocycles. The number of benzene rings is 2. The number of aromatic nitrogens is 5. The fraction of sp³-hybridized carbons (Fsp3) is 0.273. The van der Waals surface area contributed by atoms with Crippen molar-refractivity contribution in [1.29, 1.82) is 0 Å². The lowest BCUT2D eigenvalue weighted by Crippen LogP contribution is -2.44. The van der Waals surface area contributed by atoms with Gasteiger partial charge in [-0.3, -0.25) is 9.59 Å². The minimum absolute atomic E-state index is 0.117. The van der Waals surface area contributed by atoms with E-state index in [9.17, 15) is 9.59 Å². The van der Waals surface area contributed by atoms with Gasteiger partial charge in [0.1, 0.15) is 18.2 Å². The molecule has 1 aliphatic heterocycles. The topological polar surface area (TPSA) is 116 Å². The van der Waals surface area contributed by atoms with Crippen LogP contribution in [0, 0.1) is 0 Å². The Labute approximate surface area is 182 Å². The molecule has 32 heavy (non-hydrogen) atoms. The number of piperidine rings is 1. The summed E-state index contributed by atoms with van der Waals surface area (Å²) in [7, 11) is 0. The van der Waals surface area contributed by atoms with Gasteiger partial charge in [-0.05, 0) is 24.3 Å². The van der Waals surface area contributed by atoms with Crippen LogP contribution < -0.4 is 10.3 Å². The van der Waals surface area contributed by atoms with Gasteiger partial charge >= 0.3 is 6.08 Å². The van der Waals surface area contributed by atoms with E-state index in [-0.39, 0.29) is 30.2 Å². The van der Waals surface area contributed by atoms with E-state index in [1.165, 1.54) is 0 Å². The molecule has 0 saturated carbocycles. The lowest BCUT2D eigenvalue weighted by atomic mass is 10.1. The molecule has 162 valence electrons. The summed E-state index contributed by atoms with van der Waals surface area (Å²) in [6.07, 6.45) is 1.22. The maximum atomic E-state index is 12.7. The standard InChI is InChI=1S/C22H20N6O4/c29-19(14-28-21(30)17-8-4-5-9-18(17)23-26-28)27-12-10-16(11-13-27)31-22-25-24-20(32-22)15-6-2-1-3-7-15/h1-9,16H,10-14H2. The molecule has 0 bridgehead atoms. The van der Waals surface area contributed by atoms with Gasteiger partial charge in [-0.25, -0.2) is 4.68 Å². The monoisotopic (exact) mass is 432 g/mol. The molecule has 2 aromatic carbocycles. The average molecular weight is 432 g/mol. The molecule has 1 aliphatic rings. The van der Waals surface area contributed by atoms with Crippen molar-refractivity contribution in [2.75, 3.05) is 13.1 Å². The van der Waals surface area contributed by atoms with Crippen molar-refractivity contribution in [3.8, 4) is 17.5 Å². The van der Waals surface area contributed by atoms with Crippen LogP contribution in [0.25, 0.3) is 22.4 Å². The summed E-state index contributed by atoms with van der Waals surface area (Å²) in [5, 5.41) is 16.3. The van der Waals surface area contributed by atoms with Gasteiger partial charge in [0, 0.05) is 31.5 Å². The molecule has 10 heteroatoms. The van der Waals surface area contributed by atoms with E-state index < -0.39 is 0 Å². The SMILES string of the molecule is O=C(Cn1nnc2ccccc2c1=O)N1CCC(Oc2nnc(-c3ccccc3)o2)CC1. The average Bonchev–Trinajstić information content (AvgIpc) is 3.30. The van der Waals surface area contributed by atoms with E-state index in [1.807, 2.05) is 30.3 Å². The third-order valence-corrected chi connectivity index (χ3v) is 5.40. The van der Waals surface area contributed by atoms with E-state index in [1.54, 1.807) is 29.2 Å². The highest BCUT2D eigenvalue weighted by atomic mass is 16.6. The Morgan fingerprint density at radius 2 is 1.75 bits per heavy atom. The number of hydrogen-bond acceptors (Lipinski definition) is 8. The zero-order chi connectivity index (χ0) is 21.9. The number of fused-ring (bicyclic) bond motifs is 1. The molecule has 0 radical (unpaired) electrons. The lowest BCUT2D eigenvalue weighted by Gasteiger charge is -2.31. The number of likely N-dealkylation sites (tertiary alicyclic amines) is 1. The molecule has 1 saturated heterocycles. The number of ether oxygens (including phenoxy) is 1. The van der Waals surface area contributed by atoms with Crippen molar-refractivity contribution in [1.82, 2.24) is 30.1 Å². The normalized spacial score (nSPS) is 14.6. The van der Waals surface area contributed by atoms with Crippen molar-refractivity contribution < 1.29 is 13.9 Å². The molecule has 0 atom stereocenters. The second kappa shape index (κ2) is 8.58. The van der Waals surface area contributed by atoms with Gasteiger partial charge in [-0.1, -0.05) is 40.6 Å². The first kappa shape index (κ1) is 19.9. The van der Waals surface area contributed by atoms with E-state index in [0.29, 0.717) is 42.7 Å². The summed E-state index contributed by atoms with van der Waals surface area (Å²) < 4.78 is 12.5. The number of rotatable bonds is 5. The number of hydrogen-bond donors (Lipinski definition) is 0. The molecule has 0 spiro atoms. The summed E-state index contributed by atoms with van der Waals surface area (Å²) in [5.74, 6) is 0.217. The van der Waals surface area contributed by atoms with E-state index in [4.69, 9.17) is 9.15 Å². The molecular weight excluding hydrogens is 412 g/mol. The van der Waals surface area contributed by atoms with Crippen molar-refractivity contribution >= 4 is 16.8 Å². The van der Waals surface area contributed by atoms with E-state index in [0.717, 1.165) is 10.2 Å². The van der Waals surface area contributed by atoms with Crippen molar-refractivity contribution in [2.24, 2.45) is 0 Å². The second-order valence-electron chi connectivity index (χ2n) is 7.51. The first-order valence-electron chi connectivity index (χ1n) is 10.3. The lowest BCUT2D eigenvalue weighted by molar-refractivity contribution is -0.134. The summed E-state index contributed by atoms with van der Waals surface area (Å²) in [4.78, 5) is 27.0. The van der Waals surface area contributed by atoms with Gasteiger partial charge in [0.2, 0.25) is 5.91 Å². The summed E-state index contributed by atoms with van der Waals surface area (Å²) in [6, 6.07) is 16.4. The first-order valence-corrected chi connectivity index (χ1v) is 10.3. The van der Waals surface area contributed by atoms with Crippen LogP contribution in [0.3, 0.4) is 0 Å². The van der Waals surface area contributed by atoms with Gasteiger partial charge in [0.15, 0.2) is 0 Å². The molecule has 1 fully saturated rings. The molecule has 0 unspecified atom stereocenters. The Morgan fingerprint density at radius 3 is 2.56 bits per heavy atom. The second-order valence-corrected chi connectivity index (χ2v) is 7.51. The highest BCUT2D eigenvalue weighted by molar-refractivity contribution is 5.78. The Morgan fingerprint density at radius 1 is 1.00 bits per heavy atom. The van der Waals surface area contributed by atoms with Crippen LogP contribution in [-0.2, 0) is 11.3 Å². The number of nitrogens with zero attached hydrogens (tertiary/aromatic N) is 6. The Bertz CT molecular complexity index is 1290. The van der Waals surface area contributed by atoms with Crippen LogP contribution in [0.15, 0.2) is 63.8 Å². The molecule has 5 rings (SSSR count). The largest absolute Gasteiger partial charge is 0.446 e. The van der Waals surface area contributed by atoms with Crippen LogP contribution in [0.5, 0.6) is 6.08 Å². The summed E-state index contributed by atoms with van der Waals surface area (Å²) in [6.45, 7) is 0.851. The van der Waals surface area contributed by atoms with Crippen LogP contribution >= 0.6 is 0 Å². The van der Waals surface area contributed by atoms with Gasteiger partial charge in [0.05, 0.1) is 5.39 Å². The van der Waals surface area contributed by atoms with Crippen LogP contribution in [0.1, 0.15) is 12.8 Å². The zero-order valence-corrected chi connectivity index (χ0v) is 17.1. The number of carbonyl (C=O) groups is 1. The van der Waals surface area contributed by atoms with Crippen LogP contribution in [-0.4, -0.2) is 55.2 Å². The van der Waals surface area contributed by atoms with Crippen molar-refractivity contribution in [2.45, 2.75) is 25.5 Å². The van der Waals surface area contributed by atoms with E-state index in [2.05, 4.69) is 20.5 Å². The maximum Gasteiger partial charge on any atom is 0.415 e. The van der Waals surface area contributed by atoms with Gasteiger partial charge in [-0.15, -0.1) is 10.2 Å². The molecule has 3 heterocycles. The highest BCUT2D eigenvalue weighted by Gasteiger charge is 2.26. The van der Waals surface area contributed by atoms with E-state index >= 15 is 0 Å². The quantitative estimate of drug-likeness (QED) is 0.470. The molecular formula is C22H20N6O4. The predicted octanol–water partition coefficient (Wildman–Crippen LogP) is 1.91. The Balaban J connectivity index is 1.17. The third-order valence-electron chi connectivity index (χ3n) is 5.40. The fourth-order valence-electron chi connectivity index (χ4n) is 3.68. The molecule has 4 aromatic rings. The van der Waals surface area contributed by atoms with Gasteiger partial charge in [0.25, 0.3) is 11.4 Å². The zero-order valence-electron chi connectivity index (χ0n) is 17.1. The molecule has 10 nitrogen and oxygen atoms in total. The Hall–Kier alpha value is -4.08. The molecule has 1 amide bonds. The number of amides is 1. The molecule has 0 N–H and O–H groups in total. The van der Waals surface area contributed by atoms with Crippen molar-refractivity contribution in [3.05, 3.63) is 65.0 Å². The summed E-state index contributed by atoms with van der Waals surface area (Å²) >= 11 is 0. The Kier molecular flexibility index (Phi) is 5.32. The molecule has 0 aliphatic carbocycles. The van der Waals surface area contributed by atoms with Crippen LogP contribution in [0.2, 0.25) is 0 Å². The van der Waals surface area contributed by atoms with Gasteiger partial charge < -0.3 is 14.1 Å². The minimum Gasteiger partial charge on any atom is -0.446 e. The summed E-state index contributed by atoms with van der Waals surface area (Å²) in [5.41, 5.74) is 1.01. The van der Waals surface area contributed by atoms with Gasteiger partial charge in [-0.2, -0.15) is 0 Å². The van der Waals surface area contributed by atoms with Crippen molar-refractivity contribution in [3.63, 3.8) is 0 Å². The highest BCUT2D eigenvalue weighted by Crippen LogP contribution is 2.23. The minimum atomic E-state index is -0.326. The number of carbonyl (C=O) groups excluding carboxylic acids is 1. The predicted molar refractivity (Wildman–Crippen MR) is 114 cm³/mol. The smallest absolute Gasteiger partial charge is 0.415 e. The third kappa shape index (κ3) is 4.07.